The highest BCUT2D eigenvalue weighted by atomic mass is 35.5. The fourth-order valence-electron chi connectivity index (χ4n) is 2.55. The molecule has 6 heteroatoms. The maximum atomic E-state index is 5.96. The molecule has 106 valence electrons. The fraction of sp³-hybridized carbons (Fsp3) is 0.429. The minimum Gasteiger partial charge on any atom is -0.377 e. The molecule has 0 radical (unpaired) electrons. The van der Waals surface area contributed by atoms with Crippen LogP contribution >= 0.6 is 11.6 Å². The average Bonchev–Trinajstić information content (AvgIpc) is 2.81. The number of hydrogen-bond acceptors (Lipinski definition) is 4. The van der Waals surface area contributed by atoms with E-state index >= 15 is 0 Å². The fourth-order valence-corrected chi connectivity index (χ4v) is 2.68. The van der Waals surface area contributed by atoms with Gasteiger partial charge in [0.1, 0.15) is 6.61 Å². The summed E-state index contributed by atoms with van der Waals surface area (Å²) < 4.78 is 7.05. The Kier molecular flexibility index (Phi) is 3.63. The van der Waals surface area contributed by atoms with Crippen molar-refractivity contribution in [3.8, 4) is 0 Å². The largest absolute Gasteiger partial charge is 0.377 e. The lowest BCUT2D eigenvalue weighted by Gasteiger charge is -2.29. The second-order valence-corrected chi connectivity index (χ2v) is 5.51. The molecule has 0 amide bonds. The molecule has 1 aromatic heterocycles. The lowest BCUT2D eigenvalue weighted by molar-refractivity contribution is 0.177. The molecule has 1 N–H and O–H groups in total. The molecule has 2 aromatic rings. The third-order valence-corrected chi connectivity index (χ3v) is 3.70. The van der Waals surface area contributed by atoms with Gasteiger partial charge in [0.25, 0.3) is 0 Å². The van der Waals surface area contributed by atoms with Gasteiger partial charge in [-0.25, -0.2) is 4.68 Å². The van der Waals surface area contributed by atoms with Crippen LogP contribution in [0.15, 0.2) is 24.3 Å². The highest BCUT2D eigenvalue weighted by Crippen LogP contribution is 2.31. The van der Waals surface area contributed by atoms with Crippen molar-refractivity contribution in [3.05, 3.63) is 40.7 Å². The lowest BCUT2D eigenvalue weighted by atomic mass is 9.99. The van der Waals surface area contributed by atoms with Crippen LogP contribution in [0.5, 0.6) is 0 Å². The summed E-state index contributed by atoms with van der Waals surface area (Å²) in [6.07, 6.45) is 0.963. The van der Waals surface area contributed by atoms with Gasteiger partial charge in [0.15, 0.2) is 5.82 Å². The molecule has 5 nitrogen and oxygen atoms in total. The summed E-state index contributed by atoms with van der Waals surface area (Å²) in [6, 6.07) is 8.45. The molecule has 20 heavy (non-hydrogen) atoms. The summed E-state index contributed by atoms with van der Waals surface area (Å²) in [5.41, 5.74) is 1.19. The van der Waals surface area contributed by atoms with Gasteiger partial charge in [-0.05, 0) is 31.0 Å². The van der Waals surface area contributed by atoms with Gasteiger partial charge < -0.3 is 10.1 Å². The molecule has 2 heterocycles. The first-order valence-electron chi connectivity index (χ1n) is 6.63. The topological polar surface area (TPSA) is 52.0 Å². The van der Waals surface area contributed by atoms with Gasteiger partial charge in [-0.3, -0.25) is 0 Å². The van der Waals surface area contributed by atoms with E-state index in [1.165, 1.54) is 5.56 Å². The number of aromatic nitrogens is 3. The van der Waals surface area contributed by atoms with Crippen molar-refractivity contribution < 1.29 is 4.74 Å². The molecule has 0 saturated heterocycles. The van der Waals surface area contributed by atoms with Crippen LogP contribution in [-0.2, 0) is 11.3 Å². The van der Waals surface area contributed by atoms with Crippen molar-refractivity contribution >= 4 is 17.5 Å². The van der Waals surface area contributed by atoms with E-state index in [4.69, 9.17) is 16.3 Å². The molecule has 0 unspecified atom stereocenters. The minimum atomic E-state index is 0.177. The third-order valence-electron chi connectivity index (χ3n) is 3.45. The smallest absolute Gasteiger partial charge is 0.222 e. The molecule has 0 fully saturated rings. The first-order chi connectivity index (χ1) is 9.67. The normalized spacial score (nSPS) is 21.4. The Hall–Kier alpha value is -1.59. The number of ether oxygens (including phenoxy) is 1. The Labute approximate surface area is 122 Å². The Morgan fingerprint density at radius 3 is 2.85 bits per heavy atom. The van der Waals surface area contributed by atoms with Crippen molar-refractivity contribution in [1.82, 2.24) is 14.8 Å². The van der Waals surface area contributed by atoms with E-state index in [1.54, 1.807) is 7.11 Å². The van der Waals surface area contributed by atoms with E-state index in [0.717, 1.165) is 17.4 Å². The zero-order valence-corrected chi connectivity index (χ0v) is 12.3. The number of benzene rings is 1. The number of methoxy groups -OCH3 is 1. The molecular weight excluding hydrogens is 276 g/mol. The van der Waals surface area contributed by atoms with E-state index in [-0.39, 0.29) is 6.04 Å². The molecule has 2 atom stereocenters. The van der Waals surface area contributed by atoms with Gasteiger partial charge in [-0.15, -0.1) is 0 Å². The molecule has 1 aliphatic rings. The molecule has 1 aliphatic heterocycles. The van der Waals surface area contributed by atoms with E-state index in [0.29, 0.717) is 18.5 Å². The summed E-state index contributed by atoms with van der Waals surface area (Å²) in [5.74, 6) is 1.50. The summed E-state index contributed by atoms with van der Waals surface area (Å²) in [6.45, 7) is 2.57. The molecule has 0 bridgehead atoms. The predicted octanol–water partition coefficient (Wildman–Crippen LogP) is 2.87. The van der Waals surface area contributed by atoms with Crippen molar-refractivity contribution in [2.24, 2.45) is 0 Å². The molecule has 3 rings (SSSR count). The van der Waals surface area contributed by atoms with Crippen LogP contribution in [0, 0.1) is 0 Å². The zero-order chi connectivity index (χ0) is 14.1. The van der Waals surface area contributed by atoms with Gasteiger partial charge in [-0.1, -0.05) is 23.7 Å². The highest BCUT2D eigenvalue weighted by Gasteiger charge is 2.28. The number of rotatable bonds is 3. The molecule has 0 saturated carbocycles. The number of nitrogens with zero attached hydrogens (tertiary/aromatic N) is 3. The molecule has 0 aliphatic carbocycles. The third kappa shape index (κ3) is 2.51. The monoisotopic (exact) mass is 292 g/mol. The molecular formula is C14H17ClN4O. The van der Waals surface area contributed by atoms with Gasteiger partial charge in [0, 0.05) is 18.2 Å². The first-order valence-corrected chi connectivity index (χ1v) is 7.01. The lowest BCUT2D eigenvalue weighted by Crippen LogP contribution is -2.31. The first kappa shape index (κ1) is 13.4. The summed E-state index contributed by atoms with van der Waals surface area (Å²) in [7, 11) is 1.65. The van der Waals surface area contributed by atoms with Gasteiger partial charge in [0.05, 0.1) is 6.04 Å². The van der Waals surface area contributed by atoms with E-state index in [2.05, 4.69) is 22.3 Å². The maximum Gasteiger partial charge on any atom is 0.222 e. The van der Waals surface area contributed by atoms with Crippen LogP contribution in [0.3, 0.4) is 0 Å². The number of anilines is 1. The number of halogens is 1. The second-order valence-electron chi connectivity index (χ2n) is 5.08. The Morgan fingerprint density at radius 1 is 1.40 bits per heavy atom. The number of fused-ring (bicyclic) bond motifs is 1. The van der Waals surface area contributed by atoms with Crippen molar-refractivity contribution in [3.63, 3.8) is 0 Å². The highest BCUT2D eigenvalue weighted by molar-refractivity contribution is 6.30. The minimum absolute atomic E-state index is 0.177. The number of nitrogens with one attached hydrogen (secondary N) is 1. The Balaban J connectivity index is 1.98. The van der Waals surface area contributed by atoms with E-state index in [9.17, 15) is 0 Å². The average molecular weight is 293 g/mol. The summed E-state index contributed by atoms with van der Waals surface area (Å²) >= 11 is 5.96. The quantitative estimate of drug-likeness (QED) is 0.945. The molecule has 1 aromatic carbocycles. The van der Waals surface area contributed by atoms with Crippen LogP contribution in [0.2, 0.25) is 5.02 Å². The van der Waals surface area contributed by atoms with Crippen LogP contribution in [-0.4, -0.2) is 27.9 Å². The van der Waals surface area contributed by atoms with Crippen molar-refractivity contribution in [2.45, 2.75) is 32.0 Å². The van der Waals surface area contributed by atoms with Crippen LogP contribution in [0.1, 0.15) is 30.8 Å². The molecule has 0 spiro atoms. The van der Waals surface area contributed by atoms with Gasteiger partial charge in [0.2, 0.25) is 5.95 Å². The standard InChI is InChI=1S/C14H17ClN4O/c1-9-7-12(10-3-5-11(15)6-4-10)19-14(16-9)17-13(18-19)8-20-2/h3-6,9,12H,7-8H2,1-2H3,(H,16,17,18)/t9-,12+/m1/s1. The summed E-state index contributed by atoms with van der Waals surface area (Å²) in [4.78, 5) is 4.47. The maximum absolute atomic E-state index is 5.96. The second kappa shape index (κ2) is 5.42. The van der Waals surface area contributed by atoms with E-state index in [1.807, 2.05) is 28.9 Å². The van der Waals surface area contributed by atoms with Crippen LogP contribution in [0.4, 0.5) is 5.95 Å². The SMILES string of the molecule is COCc1nc2n(n1)[C@H](c1ccc(Cl)cc1)C[C@@H](C)N2. The Bertz CT molecular complexity index is 596. The summed E-state index contributed by atoms with van der Waals surface area (Å²) in [5, 5.41) is 8.64. The van der Waals surface area contributed by atoms with Crippen molar-refractivity contribution in [1.29, 1.82) is 0 Å². The van der Waals surface area contributed by atoms with Crippen molar-refractivity contribution in [2.75, 3.05) is 12.4 Å². The predicted molar refractivity (Wildman–Crippen MR) is 78.0 cm³/mol. The van der Waals surface area contributed by atoms with Crippen LogP contribution < -0.4 is 5.32 Å². The van der Waals surface area contributed by atoms with Gasteiger partial charge >= 0.3 is 0 Å². The van der Waals surface area contributed by atoms with Gasteiger partial charge in [-0.2, -0.15) is 10.1 Å². The van der Waals surface area contributed by atoms with Crippen LogP contribution in [0.25, 0.3) is 0 Å². The Morgan fingerprint density at radius 2 is 2.15 bits per heavy atom. The van der Waals surface area contributed by atoms with E-state index < -0.39 is 0 Å². The number of hydrogen-bond donors (Lipinski definition) is 1. The zero-order valence-electron chi connectivity index (χ0n) is 11.5.